The van der Waals surface area contributed by atoms with E-state index in [0.717, 1.165) is 25.1 Å². The molecule has 1 N–H and O–H groups in total. The second-order valence-corrected chi connectivity index (χ2v) is 8.19. The van der Waals surface area contributed by atoms with Gasteiger partial charge in [0.25, 0.3) is 0 Å². The maximum absolute atomic E-state index is 11.7. The summed E-state index contributed by atoms with van der Waals surface area (Å²) in [5.41, 5.74) is 1.27. The highest BCUT2D eigenvalue weighted by Crippen LogP contribution is 2.31. The Morgan fingerprint density at radius 2 is 1.93 bits per heavy atom. The molecule has 0 aromatic heterocycles. The molecule has 0 heterocycles. The average molecular weight is 382 g/mol. The van der Waals surface area contributed by atoms with Gasteiger partial charge in [-0.1, -0.05) is 30.7 Å². The number of carbonyl (C=O) groups is 1. The molecule has 2 aliphatic carbocycles. The monoisotopic (exact) mass is 381 g/mol. The number of benzene rings is 2. The molecule has 2 aromatic carbocycles. The Hall–Kier alpha value is -2.07. The largest absolute Gasteiger partial charge is 0.490 e. The lowest BCUT2D eigenvalue weighted by molar-refractivity contribution is -0.151. The van der Waals surface area contributed by atoms with Gasteiger partial charge in [0.15, 0.2) is 0 Å². The fourth-order valence-electron chi connectivity index (χ4n) is 4.38. The van der Waals surface area contributed by atoms with E-state index in [4.69, 9.17) is 9.47 Å². The third-order valence-corrected chi connectivity index (χ3v) is 6.10. The van der Waals surface area contributed by atoms with Gasteiger partial charge < -0.3 is 14.8 Å². The molecule has 0 unspecified atom stereocenters. The number of hydrogen-bond donors (Lipinski definition) is 1. The van der Waals surface area contributed by atoms with Crippen molar-refractivity contribution in [3.05, 3.63) is 42.0 Å². The highest BCUT2D eigenvalue weighted by Gasteiger charge is 2.35. The first-order valence-electron chi connectivity index (χ1n) is 10.8. The smallest absolute Gasteiger partial charge is 0.309 e. The van der Waals surface area contributed by atoms with Crippen molar-refractivity contribution >= 4 is 16.7 Å². The van der Waals surface area contributed by atoms with Crippen LogP contribution in [0.1, 0.15) is 57.4 Å². The number of nitrogens with one attached hydrogen (secondary N) is 1. The fraction of sp³-hybridized carbons (Fsp3) is 0.542. The van der Waals surface area contributed by atoms with E-state index < -0.39 is 0 Å². The zero-order chi connectivity index (χ0) is 19.3. The first-order chi connectivity index (χ1) is 13.7. The molecule has 0 atom stereocenters. The van der Waals surface area contributed by atoms with Gasteiger partial charge in [0.1, 0.15) is 5.75 Å². The minimum absolute atomic E-state index is 0.0447. The van der Waals surface area contributed by atoms with E-state index in [1.165, 1.54) is 48.4 Å². The van der Waals surface area contributed by atoms with E-state index in [2.05, 4.69) is 41.7 Å². The summed E-state index contributed by atoms with van der Waals surface area (Å²) >= 11 is 0. The summed E-state index contributed by atoms with van der Waals surface area (Å²) in [5, 5.41) is 5.99. The third kappa shape index (κ3) is 4.49. The molecule has 0 saturated heterocycles. The maximum Gasteiger partial charge on any atom is 0.309 e. The lowest BCUT2D eigenvalue weighted by Crippen LogP contribution is -2.44. The Balaban J connectivity index is 1.34. The summed E-state index contributed by atoms with van der Waals surface area (Å²) in [6, 6.07) is 13.4. The Kier molecular flexibility index (Phi) is 6.16. The van der Waals surface area contributed by atoms with Crippen LogP contribution in [-0.4, -0.2) is 24.7 Å². The SMILES string of the molecule is CCOC(=O)C1CC(NCc2ccc3c(OC4CCCCC4)cccc3c2)C1. The van der Waals surface area contributed by atoms with Gasteiger partial charge in [-0.15, -0.1) is 0 Å². The molecule has 2 aromatic rings. The van der Waals surface area contributed by atoms with E-state index in [1.807, 2.05) is 6.92 Å². The molecule has 0 radical (unpaired) electrons. The van der Waals surface area contributed by atoms with Crippen LogP contribution in [0.25, 0.3) is 10.8 Å². The Morgan fingerprint density at radius 3 is 2.71 bits per heavy atom. The molecule has 4 rings (SSSR count). The van der Waals surface area contributed by atoms with Gasteiger partial charge in [0.05, 0.1) is 18.6 Å². The van der Waals surface area contributed by atoms with Crippen LogP contribution in [0.15, 0.2) is 36.4 Å². The predicted octanol–water partition coefficient (Wildman–Crippen LogP) is 4.98. The lowest BCUT2D eigenvalue weighted by Gasteiger charge is -2.34. The fourth-order valence-corrected chi connectivity index (χ4v) is 4.38. The average Bonchev–Trinajstić information content (AvgIpc) is 2.68. The molecule has 0 aliphatic heterocycles. The maximum atomic E-state index is 11.7. The normalized spacial score (nSPS) is 22.6. The number of carbonyl (C=O) groups excluding carboxylic acids is 1. The molecule has 2 fully saturated rings. The minimum atomic E-state index is -0.0447. The summed E-state index contributed by atoms with van der Waals surface area (Å²) in [6.45, 7) is 3.15. The van der Waals surface area contributed by atoms with Crippen molar-refractivity contribution in [1.29, 1.82) is 0 Å². The lowest BCUT2D eigenvalue weighted by atomic mass is 9.80. The molecule has 4 heteroatoms. The molecule has 28 heavy (non-hydrogen) atoms. The molecule has 0 amide bonds. The van der Waals surface area contributed by atoms with Crippen LogP contribution < -0.4 is 10.1 Å². The highest BCUT2D eigenvalue weighted by molar-refractivity contribution is 5.88. The van der Waals surface area contributed by atoms with Gasteiger partial charge >= 0.3 is 5.97 Å². The van der Waals surface area contributed by atoms with Crippen LogP contribution >= 0.6 is 0 Å². The van der Waals surface area contributed by atoms with Crippen LogP contribution in [0.5, 0.6) is 5.75 Å². The van der Waals surface area contributed by atoms with Crippen LogP contribution in [0.2, 0.25) is 0 Å². The Morgan fingerprint density at radius 1 is 1.11 bits per heavy atom. The Bertz CT molecular complexity index is 807. The van der Waals surface area contributed by atoms with Crippen LogP contribution in [0.4, 0.5) is 0 Å². The van der Waals surface area contributed by atoms with E-state index >= 15 is 0 Å². The minimum Gasteiger partial charge on any atom is -0.490 e. The summed E-state index contributed by atoms with van der Waals surface area (Å²) < 4.78 is 11.4. The molecular weight excluding hydrogens is 350 g/mol. The standard InChI is InChI=1S/C24H31NO3/c1-2-27-24(26)19-14-20(15-19)25-16-17-11-12-22-18(13-17)7-6-10-23(22)28-21-8-4-3-5-9-21/h6-7,10-13,19-21,25H,2-5,8-9,14-16H2,1H3. The predicted molar refractivity (Wildman–Crippen MR) is 111 cm³/mol. The first kappa shape index (κ1) is 19.3. The van der Waals surface area contributed by atoms with Gasteiger partial charge in [-0.2, -0.15) is 0 Å². The number of ether oxygens (including phenoxy) is 2. The van der Waals surface area contributed by atoms with E-state index in [0.29, 0.717) is 18.8 Å². The number of esters is 1. The zero-order valence-electron chi connectivity index (χ0n) is 16.8. The van der Waals surface area contributed by atoms with Gasteiger partial charge in [-0.05, 0) is 68.5 Å². The third-order valence-electron chi connectivity index (χ3n) is 6.10. The van der Waals surface area contributed by atoms with Crippen molar-refractivity contribution in [2.24, 2.45) is 5.92 Å². The first-order valence-corrected chi connectivity index (χ1v) is 10.8. The van der Waals surface area contributed by atoms with Crippen molar-refractivity contribution in [3.63, 3.8) is 0 Å². The molecule has 0 bridgehead atoms. The number of hydrogen-bond acceptors (Lipinski definition) is 4. The second kappa shape index (κ2) is 8.95. The van der Waals surface area contributed by atoms with Crippen LogP contribution in [0.3, 0.4) is 0 Å². The molecule has 2 aliphatic rings. The van der Waals surface area contributed by atoms with Crippen molar-refractivity contribution in [1.82, 2.24) is 5.32 Å². The second-order valence-electron chi connectivity index (χ2n) is 8.19. The van der Waals surface area contributed by atoms with Crippen molar-refractivity contribution in [3.8, 4) is 5.75 Å². The van der Waals surface area contributed by atoms with Crippen LogP contribution in [-0.2, 0) is 16.1 Å². The Labute approximate surface area is 167 Å². The summed E-state index contributed by atoms with van der Waals surface area (Å²) in [6.07, 6.45) is 8.38. The van der Waals surface area contributed by atoms with Gasteiger partial charge in [-0.25, -0.2) is 0 Å². The zero-order valence-corrected chi connectivity index (χ0v) is 16.8. The number of fused-ring (bicyclic) bond motifs is 1. The molecule has 150 valence electrons. The summed E-state index contributed by atoms with van der Waals surface area (Å²) in [5.74, 6) is 1.05. The van der Waals surface area contributed by atoms with Gasteiger partial charge in [0.2, 0.25) is 0 Å². The molecule has 2 saturated carbocycles. The van der Waals surface area contributed by atoms with E-state index in [1.54, 1.807) is 0 Å². The van der Waals surface area contributed by atoms with Gasteiger partial charge in [0, 0.05) is 18.0 Å². The van der Waals surface area contributed by atoms with Crippen molar-refractivity contribution in [2.75, 3.05) is 6.61 Å². The van der Waals surface area contributed by atoms with Crippen LogP contribution in [0, 0.1) is 5.92 Å². The summed E-state index contributed by atoms with van der Waals surface area (Å²) in [7, 11) is 0. The van der Waals surface area contributed by atoms with Crippen molar-refractivity contribution in [2.45, 2.75) is 70.6 Å². The highest BCUT2D eigenvalue weighted by atomic mass is 16.5. The summed E-state index contributed by atoms with van der Waals surface area (Å²) in [4.78, 5) is 11.7. The topological polar surface area (TPSA) is 47.6 Å². The van der Waals surface area contributed by atoms with Gasteiger partial charge in [-0.3, -0.25) is 4.79 Å². The van der Waals surface area contributed by atoms with E-state index in [9.17, 15) is 4.79 Å². The van der Waals surface area contributed by atoms with E-state index in [-0.39, 0.29) is 11.9 Å². The molecular formula is C24H31NO3. The van der Waals surface area contributed by atoms with Crippen molar-refractivity contribution < 1.29 is 14.3 Å². The number of rotatable bonds is 7. The quantitative estimate of drug-likeness (QED) is 0.687. The molecule has 0 spiro atoms. The molecule has 4 nitrogen and oxygen atoms in total.